The van der Waals surface area contributed by atoms with E-state index in [1.165, 1.54) is 0 Å². The quantitative estimate of drug-likeness (QED) is 0.620. The molecule has 2 saturated heterocycles. The molecule has 0 bridgehead atoms. The Balaban J connectivity index is 1.53. The number of nitrogens with two attached hydrogens (primary N) is 1. The number of nitrogens with zero attached hydrogens (tertiary/aromatic N) is 7. The molecule has 1 amide bonds. The van der Waals surface area contributed by atoms with E-state index < -0.39 is 5.41 Å². The summed E-state index contributed by atoms with van der Waals surface area (Å²) in [7, 11) is 0. The van der Waals surface area contributed by atoms with Gasteiger partial charge in [0.05, 0.1) is 42.5 Å². The average molecular weight is 497 g/mol. The average Bonchev–Trinajstić information content (AvgIpc) is 3.48. The highest BCUT2D eigenvalue weighted by Gasteiger charge is 2.46. The summed E-state index contributed by atoms with van der Waals surface area (Å²) in [4.78, 5) is 38.0. The lowest BCUT2D eigenvalue weighted by Crippen LogP contribution is -2.50. The van der Waals surface area contributed by atoms with E-state index in [9.17, 15) is 9.90 Å². The molecule has 0 aromatic carbocycles. The van der Waals surface area contributed by atoms with Crippen LogP contribution in [0.3, 0.4) is 0 Å². The molecule has 3 aliphatic rings. The van der Waals surface area contributed by atoms with Gasteiger partial charge >= 0.3 is 0 Å². The van der Waals surface area contributed by atoms with Crippen LogP contribution in [0.1, 0.15) is 39.7 Å². The van der Waals surface area contributed by atoms with Gasteiger partial charge in [0, 0.05) is 49.7 Å². The van der Waals surface area contributed by atoms with Crippen molar-refractivity contribution in [2.75, 3.05) is 61.5 Å². The van der Waals surface area contributed by atoms with Crippen LogP contribution < -0.4 is 15.5 Å². The maximum absolute atomic E-state index is 13.1. The van der Waals surface area contributed by atoms with Crippen molar-refractivity contribution < 1.29 is 14.6 Å². The van der Waals surface area contributed by atoms with Crippen LogP contribution in [0.15, 0.2) is 12.4 Å². The van der Waals surface area contributed by atoms with E-state index in [1.807, 2.05) is 4.90 Å². The maximum Gasteiger partial charge on any atom is 0.230 e. The molecule has 2 atom stereocenters. The SMILES string of the molecule is C[C@H]1COCCN1c1nc(-c2cnc(N)nc2)c2c(n1)N([C@@]1(C)CCN(C(=O)C(C)(C)CO)C1)CC2. The molecule has 0 radical (unpaired) electrons. The Morgan fingerprint density at radius 3 is 2.69 bits per heavy atom. The number of rotatable bonds is 5. The van der Waals surface area contributed by atoms with Crippen molar-refractivity contribution in [3.8, 4) is 11.3 Å². The zero-order valence-electron chi connectivity index (χ0n) is 21.6. The van der Waals surface area contributed by atoms with Crippen molar-refractivity contribution in [2.45, 2.75) is 52.1 Å². The lowest BCUT2D eigenvalue weighted by atomic mass is 9.93. The summed E-state index contributed by atoms with van der Waals surface area (Å²) in [5.41, 5.74) is 7.38. The van der Waals surface area contributed by atoms with Crippen molar-refractivity contribution in [1.29, 1.82) is 0 Å². The molecule has 5 rings (SSSR count). The predicted molar refractivity (Wildman–Crippen MR) is 137 cm³/mol. The molecule has 3 aliphatic heterocycles. The lowest BCUT2D eigenvalue weighted by Gasteiger charge is -2.38. The number of carbonyl (C=O) groups is 1. The Bertz CT molecular complexity index is 1140. The second-order valence-corrected chi connectivity index (χ2v) is 11.0. The van der Waals surface area contributed by atoms with Crippen molar-refractivity contribution in [3.05, 3.63) is 18.0 Å². The summed E-state index contributed by atoms with van der Waals surface area (Å²) in [6, 6.07) is 0.151. The number of anilines is 3. The van der Waals surface area contributed by atoms with Gasteiger partial charge in [-0.25, -0.2) is 15.0 Å². The molecule has 11 heteroatoms. The standard InChI is InChI=1S/C25H36N8O3/c1-16-13-36-10-9-32(16)23-29-19(17-11-27-22(26)28-12-17)18-5-7-33(20(18)30-23)25(4)6-8-31(14-25)21(35)24(2,3)15-34/h11-12,16,34H,5-10,13-15H2,1-4H3,(H2,26,27,28)/t16-,25-/m0/s1. The van der Waals surface area contributed by atoms with Crippen molar-refractivity contribution in [2.24, 2.45) is 5.41 Å². The van der Waals surface area contributed by atoms with Crippen LogP contribution in [0.4, 0.5) is 17.7 Å². The Kier molecular flexibility index (Phi) is 6.24. The van der Waals surface area contributed by atoms with E-state index >= 15 is 0 Å². The van der Waals surface area contributed by atoms with Gasteiger partial charge in [0.25, 0.3) is 0 Å². The summed E-state index contributed by atoms with van der Waals surface area (Å²) in [5, 5.41) is 9.72. The first kappa shape index (κ1) is 24.6. The molecule has 0 unspecified atom stereocenters. The number of carbonyl (C=O) groups excluding carboxylic acids is 1. The van der Waals surface area contributed by atoms with E-state index in [2.05, 4.69) is 33.6 Å². The molecular formula is C25H36N8O3. The van der Waals surface area contributed by atoms with E-state index in [4.69, 9.17) is 20.4 Å². The van der Waals surface area contributed by atoms with Gasteiger partial charge in [-0.2, -0.15) is 4.98 Å². The van der Waals surface area contributed by atoms with E-state index in [0.717, 1.165) is 42.0 Å². The molecule has 0 saturated carbocycles. The van der Waals surface area contributed by atoms with Crippen LogP contribution in [0.5, 0.6) is 0 Å². The number of aliphatic hydroxyl groups is 1. The lowest BCUT2D eigenvalue weighted by molar-refractivity contribution is -0.141. The fraction of sp³-hybridized carbons (Fsp3) is 0.640. The van der Waals surface area contributed by atoms with Gasteiger partial charge in [0.2, 0.25) is 17.8 Å². The van der Waals surface area contributed by atoms with E-state index in [0.29, 0.717) is 38.8 Å². The van der Waals surface area contributed by atoms with Gasteiger partial charge in [0.1, 0.15) is 5.82 Å². The first-order valence-electron chi connectivity index (χ1n) is 12.6. The van der Waals surface area contributed by atoms with Crippen molar-refractivity contribution in [3.63, 3.8) is 0 Å². The third-order valence-electron chi connectivity index (χ3n) is 7.75. The van der Waals surface area contributed by atoms with Crippen molar-refractivity contribution >= 4 is 23.6 Å². The molecule has 11 nitrogen and oxygen atoms in total. The number of ether oxygens (including phenoxy) is 1. The molecule has 0 spiro atoms. The highest BCUT2D eigenvalue weighted by atomic mass is 16.5. The second-order valence-electron chi connectivity index (χ2n) is 11.0. The summed E-state index contributed by atoms with van der Waals surface area (Å²) in [5.74, 6) is 1.78. The molecule has 36 heavy (non-hydrogen) atoms. The molecule has 3 N–H and O–H groups in total. The third-order valence-corrected chi connectivity index (χ3v) is 7.75. The number of likely N-dealkylation sites (tertiary alicyclic amines) is 1. The number of morpholine rings is 1. The number of aromatic nitrogens is 4. The van der Waals surface area contributed by atoms with Gasteiger partial charge < -0.3 is 30.3 Å². The fourth-order valence-corrected chi connectivity index (χ4v) is 5.46. The van der Waals surface area contributed by atoms with E-state index in [1.54, 1.807) is 26.2 Å². The van der Waals surface area contributed by atoms with E-state index in [-0.39, 0.29) is 30.0 Å². The number of nitrogen functional groups attached to an aromatic ring is 1. The number of fused-ring (bicyclic) bond motifs is 1. The molecule has 2 fully saturated rings. The minimum atomic E-state index is -0.793. The highest BCUT2D eigenvalue weighted by molar-refractivity contribution is 5.83. The maximum atomic E-state index is 13.1. The van der Waals surface area contributed by atoms with Gasteiger partial charge in [-0.05, 0) is 40.5 Å². The summed E-state index contributed by atoms with van der Waals surface area (Å²) < 4.78 is 5.65. The first-order valence-corrected chi connectivity index (χ1v) is 12.6. The minimum absolute atomic E-state index is 0.0154. The molecule has 194 valence electrons. The first-order chi connectivity index (χ1) is 17.1. The highest BCUT2D eigenvalue weighted by Crippen LogP contribution is 2.42. The number of hydrogen-bond donors (Lipinski definition) is 2. The molecule has 0 aliphatic carbocycles. The molecule has 2 aromatic rings. The van der Waals surface area contributed by atoms with Crippen LogP contribution in [-0.4, -0.2) is 93.4 Å². The van der Waals surface area contributed by atoms with Crippen LogP contribution in [0, 0.1) is 5.41 Å². The monoisotopic (exact) mass is 496 g/mol. The molecule has 5 heterocycles. The van der Waals surface area contributed by atoms with Crippen molar-refractivity contribution in [1.82, 2.24) is 24.8 Å². The number of hydrogen-bond acceptors (Lipinski definition) is 10. The normalized spacial score (nSPS) is 24.4. The smallest absolute Gasteiger partial charge is 0.230 e. The Morgan fingerprint density at radius 1 is 1.25 bits per heavy atom. The molecule has 2 aromatic heterocycles. The Labute approximate surface area is 211 Å². The van der Waals surface area contributed by atoms with Crippen LogP contribution in [0.25, 0.3) is 11.3 Å². The fourth-order valence-electron chi connectivity index (χ4n) is 5.46. The predicted octanol–water partition coefficient (Wildman–Crippen LogP) is 1.11. The third kappa shape index (κ3) is 4.24. The molecular weight excluding hydrogens is 460 g/mol. The largest absolute Gasteiger partial charge is 0.395 e. The summed E-state index contributed by atoms with van der Waals surface area (Å²) in [6.45, 7) is 11.7. The van der Waals surface area contributed by atoms with Gasteiger partial charge in [-0.15, -0.1) is 0 Å². The van der Waals surface area contributed by atoms with Gasteiger partial charge in [0.15, 0.2) is 0 Å². The van der Waals surface area contributed by atoms with Crippen LogP contribution in [0.2, 0.25) is 0 Å². The van der Waals surface area contributed by atoms with Crippen LogP contribution >= 0.6 is 0 Å². The van der Waals surface area contributed by atoms with Gasteiger partial charge in [-0.1, -0.05) is 0 Å². The van der Waals surface area contributed by atoms with Gasteiger partial charge in [-0.3, -0.25) is 4.79 Å². The minimum Gasteiger partial charge on any atom is -0.395 e. The Hall–Kier alpha value is -3.05. The van der Waals surface area contributed by atoms with Crippen LogP contribution in [-0.2, 0) is 16.0 Å². The number of amides is 1. The zero-order chi connectivity index (χ0) is 25.7. The topological polar surface area (TPSA) is 134 Å². The number of aliphatic hydroxyl groups excluding tert-OH is 1. The zero-order valence-corrected chi connectivity index (χ0v) is 21.6. The Morgan fingerprint density at radius 2 is 2.00 bits per heavy atom. The second kappa shape index (κ2) is 9.11. The summed E-state index contributed by atoms with van der Waals surface area (Å²) >= 11 is 0. The summed E-state index contributed by atoms with van der Waals surface area (Å²) in [6.07, 6.45) is 5.05.